The van der Waals surface area contributed by atoms with Crippen molar-refractivity contribution in [3.05, 3.63) is 40.4 Å². The lowest BCUT2D eigenvalue weighted by Gasteiger charge is -2.29. The summed E-state index contributed by atoms with van der Waals surface area (Å²) in [6.45, 7) is 10.2. The van der Waals surface area contributed by atoms with Gasteiger partial charge in [0.1, 0.15) is 17.0 Å². The molecule has 3 rings (SSSR count). The molecule has 1 heterocycles. The number of fused-ring (bicyclic) bond motifs is 1. The summed E-state index contributed by atoms with van der Waals surface area (Å²) in [5, 5.41) is 1.33. The number of methoxy groups -OCH3 is 1. The third-order valence-corrected chi connectivity index (χ3v) is 5.55. The summed E-state index contributed by atoms with van der Waals surface area (Å²) in [5.74, 6) is 0.922. The SMILES string of the molecule is CC[n+]1c(/C=C2\C=C(C)CC(C)(C)C2)sc2ccc(OC)cc21. The highest BCUT2D eigenvalue weighted by atomic mass is 32.1. The van der Waals surface area contributed by atoms with E-state index in [1.54, 1.807) is 7.11 Å². The second-order valence-electron chi connectivity index (χ2n) is 7.25. The minimum Gasteiger partial charge on any atom is -0.497 e. The topological polar surface area (TPSA) is 13.1 Å². The molecule has 1 aromatic carbocycles. The van der Waals surface area contributed by atoms with E-state index >= 15 is 0 Å². The summed E-state index contributed by atoms with van der Waals surface area (Å²) in [4.78, 5) is 0. The fourth-order valence-corrected chi connectivity index (χ4v) is 4.86. The van der Waals surface area contributed by atoms with Crippen LogP contribution in [0.15, 0.2) is 35.4 Å². The average molecular weight is 329 g/mol. The standard InChI is InChI=1S/C20H26NOS/c1-6-21-17-11-16(22-5)7-8-18(17)23-19(21)10-15-9-14(2)12-20(3,4)13-15/h7-11H,6,12-13H2,1-5H3/q+1/b15-10+. The summed E-state index contributed by atoms with van der Waals surface area (Å²) < 4.78 is 9.09. The number of hydrogen-bond acceptors (Lipinski definition) is 2. The van der Waals surface area contributed by atoms with Gasteiger partial charge in [0.15, 0.2) is 0 Å². The molecular formula is C20H26NOS+. The van der Waals surface area contributed by atoms with Crippen molar-refractivity contribution in [2.75, 3.05) is 7.11 Å². The Labute approximate surface area is 143 Å². The van der Waals surface area contributed by atoms with Gasteiger partial charge in [-0.05, 0) is 49.8 Å². The van der Waals surface area contributed by atoms with Crippen molar-refractivity contribution in [3.8, 4) is 5.75 Å². The number of rotatable bonds is 3. The molecule has 0 unspecified atom stereocenters. The molecule has 23 heavy (non-hydrogen) atoms. The maximum Gasteiger partial charge on any atom is 0.263 e. The molecule has 0 saturated carbocycles. The van der Waals surface area contributed by atoms with Crippen LogP contribution in [0.3, 0.4) is 0 Å². The van der Waals surface area contributed by atoms with Crippen LogP contribution in [0.4, 0.5) is 0 Å². The largest absolute Gasteiger partial charge is 0.497 e. The second kappa shape index (κ2) is 6.12. The van der Waals surface area contributed by atoms with Crippen LogP contribution in [0.1, 0.15) is 45.5 Å². The molecule has 0 amide bonds. The van der Waals surface area contributed by atoms with Crippen LogP contribution < -0.4 is 9.30 Å². The second-order valence-corrected chi connectivity index (χ2v) is 8.31. The maximum absolute atomic E-state index is 5.39. The first-order valence-corrected chi connectivity index (χ1v) is 9.11. The fourth-order valence-electron chi connectivity index (χ4n) is 3.68. The highest BCUT2D eigenvalue weighted by Gasteiger charge is 2.25. The molecule has 0 aliphatic heterocycles. The van der Waals surface area contributed by atoms with Crippen LogP contribution in [-0.4, -0.2) is 7.11 Å². The van der Waals surface area contributed by atoms with E-state index in [0.717, 1.165) is 18.7 Å². The van der Waals surface area contributed by atoms with Crippen LogP contribution in [0.2, 0.25) is 0 Å². The van der Waals surface area contributed by atoms with E-state index in [9.17, 15) is 0 Å². The van der Waals surface area contributed by atoms with Gasteiger partial charge in [-0.15, -0.1) is 0 Å². The molecule has 0 atom stereocenters. The first kappa shape index (κ1) is 16.3. The van der Waals surface area contributed by atoms with Crippen molar-refractivity contribution >= 4 is 27.6 Å². The van der Waals surface area contributed by atoms with Gasteiger partial charge >= 0.3 is 0 Å². The first-order valence-electron chi connectivity index (χ1n) is 8.30. The van der Waals surface area contributed by atoms with E-state index in [1.165, 1.54) is 32.8 Å². The van der Waals surface area contributed by atoms with Crippen molar-refractivity contribution in [1.29, 1.82) is 0 Å². The van der Waals surface area contributed by atoms with Gasteiger partial charge in [-0.3, -0.25) is 0 Å². The lowest BCUT2D eigenvalue weighted by molar-refractivity contribution is -0.665. The van der Waals surface area contributed by atoms with E-state index < -0.39 is 0 Å². The summed E-state index contributed by atoms with van der Waals surface area (Å²) in [6, 6.07) is 6.35. The highest BCUT2D eigenvalue weighted by Crippen LogP contribution is 2.38. The summed E-state index contributed by atoms with van der Waals surface area (Å²) in [6.07, 6.45) is 7.09. The average Bonchev–Trinajstić information content (AvgIpc) is 2.80. The molecule has 0 bridgehead atoms. The van der Waals surface area contributed by atoms with Gasteiger partial charge in [0.25, 0.3) is 5.01 Å². The number of aromatic nitrogens is 1. The van der Waals surface area contributed by atoms with Crippen molar-refractivity contribution in [2.45, 2.75) is 47.1 Å². The Bertz CT molecular complexity index is 795. The minimum absolute atomic E-state index is 0.363. The molecule has 2 aromatic rings. The van der Waals surface area contributed by atoms with Gasteiger partial charge < -0.3 is 4.74 Å². The third kappa shape index (κ3) is 3.35. The summed E-state index contributed by atoms with van der Waals surface area (Å²) in [7, 11) is 1.73. The van der Waals surface area contributed by atoms with E-state index in [2.05, 4.69) is 56.5 Å². The molecule has 0 spiro atoms. The van der Waals surface area contributed by atoms with Crippen molar-refractivity contribution in [1.82, 2.24) is 0 Å². The lowest BCUT2D eigenvalue weighted by atomic mass is 9.75. The smallest absolute Gasteiger partial charge is 0.263 e. The fraction of sp³-hybridized carbons (Fsp3) is 0.450. The van der Waals surface area contributed by atoms with E-state index in [0.29, 0.717) is 5.41 Å². The molecule has 0 radical (unpaired) electrons. The monoisotopic (exact) mass is 328 g/mol. The number of hydrogen-bond donors (Lipinski definition) is 0. The number of allylic oxidation sites excluding steroid dienone is 3. The zero-order valence-electron chi connectivity index (χ0n) is 14.8. The maximum atomic E-state index is 5.39. The van der Waals surface area contributed by atoms with Crippen LogP contribution >= 0.6 is 11.3 Å². The molecular weight excluding hydrogens is 302 g/mol. The Balaban J connectivity index is 2.09. The third-order valence-electron chi connectivity index (χ3n) is 4.43. The molecule has 3 heteroatoms. The van der Waals surface area contributed by atoms with E-state index in [4.69, 9.17) is 4.74 Å². The minimum atomic E-state index is 0.363. The van der Waals surface area contributed by atoms with Gasteiger partial charge in [0, 0.05) is 6.08 Å². The van der Waals surface area contributed by atoms with Gasteiger partial charge in [-0.25, -0.2) is 0 Å². The van der Waals surface area contributed by atoms with E-state index in [1.807, 2.05) is 17.4 Å². The Hall–Kier alpha value is -1.61. The highest BCUT2D eigenvalue weighted by molar-refractivity contribution is 7.18. The molecule has 122 valence electrons. The molecule has 0 saturated heterocycles. The van der Waals surface area contributed by atoms with Crippen molar-refractivity contribution in [2.24, 2.45) is 5.41 Å². The molecule has 1 aliphatic carbocycles. The van der Waals surface area contributed by atoms with Crippen LogP contribution in [0.25, 0.3) is 16.3 Å². The number of ether oxygens (including phenoxy) is 1. The van der Waals surface area contributed by atoms with Gasteiger partial charge in [0.05, 0.1) is 13.2 Å². The summed E-state index contributed by atoms with van der Waals surface area (Å²) in [5.41, 5.74) is 4.55. The predicted octanol–water partition coefficient (Wildman–Crippen LogP) is 5.37. The first-order chi connectivity index (χ1) is 10.9. The van der Waals surface area contributed by atoms with Gasteiger partial charge in [0.2, 0.25) is 5.52 Å². The predicted molar refractivity (Wildman–Crippen MR) is 99.0 cm³/mol. The van der Waals surface area contributed by atoms with Crippen LogP contribution in [0, 0.1) is 5.41 Å². The number of thiazole rings is 1. The lowest BCUT2D eigenvalue weighted by Crippen LogP contribution is -2.33. The molecule has 1 aliphatic rings. The Morgan fingerprint density at radius 2 is 2.09 bits per heavy atom. The molecule has 2 nitrogen and oxygen atoms in total. The number of benzene rings is 1. The molecule has 0 fully saturated rings. The van der Waals surface area contributed by atoms with Crippen LogP contribution in [0.5, 0.6) is 5.75 Å². The zero-order valence-corrected chi connectivity index (χ0v) is 15.6. The van der Waals surface area contributed by atoms with Crippen molar-refractivity contribution in [3.63, 3.8) is 0 Å². The van der Waals surface area contributed by atoms with Crippen LogP contribution in [-0.2, 0) is 6.54 Å². The zero-order chi connectivity index (χ0) is 16.6. The van der Waals surface area contributed by atoms with Gasteiger partial charge in [-0.2, -0.15) is 4.57 Å². The normalized spacial score (nSPS) is 19.2. The van der Waals surface area contributed by atoms with Gasteiger partial charge in [-0.1, -0.05) is 36.8 Å². The molecule has 1 aromatic heterocycles. The Morgan fingerprint density at radius 1 is 1.30 bits per heavy atom. The quantitative estimate of drug-likeness (QED) is 0.691. The number of nitrogens with zero attached hydrogens (tertiary/aromatic N) is 1. The Kier molecular flexibility index (Phi) is 4.33. The summed E-state index contributed by atoms with van der Waals surface area (Å²) >= 11 is 1.86. The molecule has 0 N–H and O–H groups in total. The number of aryl methyl sites for hydroxylation is 1. The van der Waals surface area contributed by atoms with E-state index in [-0.39, 0.29) is 0 Å². The Morgan fingerprint density at radius 3 is 2.74 bits per heavy atom. The van der Waals surface area contributed by atoms with Crippen molar-refractivity contribution < 1.29 is 9.30 Å².